The Morgan fingerprint density at radius 3 is 2.59 bits per heavy atom. The molecule has 144 valence electrons. The highest BCUT2D eigenvalue weighted by atomic mass is 32.1. The van der Waals surface area contributed by atoms with E-state index in [1.165, 1.54) is 16.9 Å². The van der Waals surface area contributed by atoms with E-state index in [9.17, 15) is 4.79 Å². The summed E-state index contributed by atoms with van der Waals surface area (Å²) in [6.07, 6.45) is 1.65. The quantitative estimate of drug-likeness (QED) is 0.412. The molecule has 29 heavy (non-hydrogen) atoms. The lowest BCUT2D eigenvalue weighted by atomic mass is 10.0. The minimum absolute atomic E-state index is 0.0179. The molecule has 0 spiro atoms. The van der Waals surface area contributed by atoms with Gasteiger partial charge in [-0.1, -0.05) is 60.2 Å². The maximum atomic E-state index is 13.5. The van der Waals surface area contributed by atoms with Gasteiger partial charge in [-0.25, -0.2) is 4.98 Å². The number of aromatic nitrogens is 2. The first-order chi connectivity index (χ1) is 14.2. The van der Waals surface area contributed by atoms with Crippen LogP contribution >= 0.6 is 11.3 Å². The second-order valence-corrected chi connectivity index (χ2v) is 7.96. The van der Waals surface area contributed by atoms with Gasteiger partial charge in [0.2, 0.25) is 0 Å². The molecule has 0 aliphatic rings. The molecule has 0 saturated carbocycles. The van der Waals surface area contributed by atoms with Crippen molar-refractivity contribution < 1.29 is 0 Å². The Morgan fingerprint density at radius 2 is 1.86 bits per heavy atom. The Kier molecular flexibility index (Phi) is 5.55. The van der Waals surface area contributed by atoms with Gasteiger partial charge < -0.3 is 0 Å². The summed E-state index contributed by atoms with van der Waals surface area (Å²) < 4.78 is 1.76. The van der Waals surface area contributed by atoms with Crippen LogP contribution in [0.15, 0.2) is 64.8 Å². The Balaban J connectivity index is 1.85. The highest BCUT2D eigenvalue weighted by Gasteiger charge is 2.17. The molecule has 0 N–H and O–H groups in total. The zero-order valence-corrected chi connectivity index (χ0v) is 17.1. The van der Waals surface area contributed by atoms with Crippen molar-refractivity contribution in [1.82, 2.24) is 9.55 Å². The van der Waals surface area contributed by atoms with E-state index in [1.807, 2.05) is 47.8 Å². The lowest BCUT2D eigenvalue weighted by Crippen LogP contribution is -2.25. The van der Waals surface area contributed by atoms with Crippen LogP contribution in [0.1, 0.15) is 29.8 Å². The van der Waals surface area contributed by atoms with Gasteiger partial charge in [0.25, 0.3) is 5.56 Å². The monoisotopic (exact) mass is 399 g/mol. The molecule has 5 heteroatoms. The molecule has 0 aliphatic carbocycles. The summed E-state index contributed by atoms with van der Waals surface area (Å²) in [6, 6.07) is 20.4. The van der Waals surface area contributed by atoms with Crippen LogP contribution in [0.2, 0.25) is 0 Å². The van der Waals surface area contributed by atoms with Crippen LogP contribution in [-0.4, -0.2) is 9.55 Å². The molecule has 4 rings (SSSR count). The molecule has 0 saturated heterocycles. The van der Waals surface area contributed by atoms with Gasteiger partial charge in [0.15, 0.2) is 0 Å². The van der Waals surface area contributed by atoms with Crippen molar-refractivity contribution in [3.63, 3.8) is 0 Å². The first-order valence-corrected chi connectivity index (χ1v) is 10.5. The summed E-state index contributed by atoms with van der Waals surface area (Å²) in [6.45, 7) is 2.55. The van der Waals surface area contributed by atoms with E-state index in [-0.39, 0.29) is 5.56 Å². The van der Waals surface area contributed by atoms with Crippen LogP contribution in [0.4, 0.5) is 0 Å². The number of hydrogen-bond acceptors (Lipinski definition) is 4. The van der Waals surface area contributed by atoms with Crippen LogP contribution in [0, 0.1) is 18.3 Å². The molecule has 0 amide bonds. The maximum absolute atomic E-state index is 13.5. The Bertz CT molecular complexity index is 1230. The van der Waals surface area contributed by atoms with E-state index in [4.69, 9.17) is 10.2 Å². The van der Waals surface area contributed by atoms with Crippen molar-refractivity contribution in [2.24, 2.45) is 0 Å². The molecule has 2 aromatic carbocycles. The molecule has 0 radical (unpaired) electrons. The fourth-order valence-electron chi connectivity index (χ4n) is 3.47. The van der Waals surface area contributed by atoms with Gasteiger partial charge in [-0.2, -0.15) is 5.26 Å². The van der Waals surface area contributed by atoms with E-state index in [1.54, 1.807) is 4.57 Å². The number of benzene rings is 2. The molecule has 0 bridgehead atoms. The largest absolute Gasteiger partial charge is 0.296 e. The number of hydrogen-bond donors (Lipinski definition) is 0. The lowest BCUT2D eigenvalue weighted by molar-refractivity contribution is 0.598. The average molecular weight is 400 g/mol. The van der Waals surface area contributed by atoms with Gasteiger partial charge in [-0.05, 0) is 24.5 Å². The molecule has 0 aliphatic heterocycles. The predicted octanol–water partition coefficient (Wildman–Crippen LogP) is 5.33. The molecular formula is C24H21N3OS. The summed E-state index contributed by atoms with van der Waals surface area (Å²) in [5, 5.41) is 11.6. The molecule has 0 atom stereocenters. The molecule has 2 heterocycles. The van der Waals surface area contributed by atoms with Crippen molar-refractivity contribution in [1.29, 1.82) is 5.26 Å². The summed E-state index contributed by atoms with van der Waals surface area (Å²) in [5.74, 6) is 0.754. The van der Waals surface area contributed by atoms with Crippen molar-refractivity contribution in [2.45, 2.75) is 32.7 Å². The van der Waals surface area contributed by atoms with Gasteiger partial charge in [0.1, 0.15) is 10.7 Å². The van der Waals surface area contributed by atoms with Gasteiger partial charge in [-0.15, -0.1) is 11.3 Å². The first-order valence-electron chi connectivity index (χ1n) is 9.66. The highest BCUT2D eigenvalue weighted by molar-refractivity contribution is 7.17. The number of nitriles is 1. The standard InChI is InChI=1S/C24H21N3OS/c1-17-9-11-19(12-10-17)20-16-29-23-22(20)24(28)27(14-6-5-13-25)21(26-23)15-18-7-3-2-4-8-18/h2-4,7-12,16H,5-6,14-15H2,1H3. The van der Waals surface area contributed by atoms with E-state index >= 15 is 0 Å². The molecule has 4 aromatic rings. The smallest absolute Gasteiger partial charge is 0.262 e. The van der Waals surface area contributed by atoms with E-state index < -0.39 is 0 Å². The number of unbranched alkanes of at least 4 members (excludes halogenated alkanes) is 1. The highest BCUT2D eigenvalue weighted by Crippen LogP contribution is 2.31. The Morgan fingerprint density at radius 1 is 1.10 bits per heavy atom. The van der Waals surface area contributed by atoms with Crippen LogP contribution in [0.25, 0.3) is 21.3 Å². The minimum atomic E-state index is -0.0179. The Hall–Kier alpha value is -3.23. The van der Waals surface area contributed by atoms with Gasteiger partial charge in [0, 0.05) is 30.3 Å². The number of aryl methyl sites for hydroxylation is 1. The van der Waals surface area contributed by atoms with Crippen molar-refractivity contribution in [3.8, 4) is 17.2 Å². The van der Waals surface area contributed by atoms with E-state index in [2.05, 4.69) is 25.1 Å². The second-order valence-electron chi connectivity index (χ2n) is 7.10. The van der Waals surface area contributed by atoms with Gasteiger partial charge >= 0.3 is 0 Å². The normalized spacial score (nSPS) is 10.9. The molecule has 0 unspecified atom stereocenters. The van der Waals surface area contributed by atoms with E-state index in [0.717, 1.165) is 27.3 Å². The van der Waals surface area contributed by atoms with Crippen LogP contribution in [0.3, 0.4) is 0 Å². The van der Waals surface area contributed by atoms with Crippen molar-refractivity contribution in [3.05, 3.63) is 87.3 Å². The van der Waals surface area contributed by atoms with Crippen LogP contribution < -0.4 is 5.56 Å². The molecule has 4 nitrogen and oxygen atoms in total. The van der Waals surface area contributed by atoms with Crippen molar-refractivity contribution in [2.75, 3.05) is 0 Å². The molecule has 2 aromatic heterocycles. The van der Waals surface area contributed by atoms with E-state index in [0.29, 0.717) is 31.2 Å². The van der Waals surface area contributed by atoms with Gasteiger partial charge in [0.05, 0.1) is 11.5 Å². The number of thiophene rings is 1. The number of nitrogens with zero attached hydrogens (tertiary/aromatic N) is 3. The second kappa shape index (κ2) is 8.42. The third-order valence-corrected chi connectivity index (χ3v) is 5.88. The number of fused-ring (bicyclic) bond motifs is 1. The number of rotatable bonds is 6. The topological polar surface area (TPSA) is 58.7 Å². The van der Waals surface area contributed by atoms with Crippen LogP contribution in [0.5, 0.6) is 0 Å². The molecular weight excluding hydrogens is 378 g/mol. The zero-order valence-electron chi connectivity index (χ0n) is 16.3. The maximum Gasteiger partial charge on any atom is 0.262 e. The van der Waals surface area contributed by atoms with Gasteiger partial charge in [-0.3, -0.25) is 9.36 Å². The summed E-state index contributed by atoms with van der Waals surface area (Å²) >= 11 is 1.51. The third kappa shape index (κ3) is 3.98. The predicted molar refractivity (Wildman–Crippen MR) is 118 cm³/mol. The van der Waals surface area contributed by atoms with Crippen molar-refractivity contribution >= 4 is 21.6 Å². The fourth-order valence-corrected chi connectivity index (χ4v) is 4.43. The molecule has 0 fully saturated rings. The minimum Gasteiger partial charge on any atom is -0.296 e. The zero-order chi connectivity index (χ0) is 20.2. The summed E-state index contributed by atoms with van der Waals surface area (Å²) in [5.41, 5.74) is 4.24. The summed E-state index contributed by atoms with van der Waals surface area (Å²) in [4.78, 5) is 19.1. The SMILES string of the molecule is Cc1ccc(-c2csc3nc(Cc4ccccc4)n(CCCC#N)c(=O)c23)cc1. The summed E-state index contributed by atoms with van der Waals surface area (Å²) in [7, 11) is 0. The lowest BCUT2D eigenvalue weighted by Gasteiger charge is -2.12. The first kappa shape index (κ1) is 19.1. The Labute approximate surface area is 173 Å². The average Bonchev–Trinajstić information content (AvgIpc) is 3.16. The van der Waals surface area contributed by atoms with Crippen LogP contribution in [-0.2, 0) is 13.0 Å². The fraction of sp³-hybridized carbons (Fsp3) is 0.208. The third-order valence-electron chi connectivity index (χ3n) is 5.01.